The summed E-state index contributed by atoms with van der Waals surface area (Å²) in [6, 6.07) is 0. The number of nitrogens with zero attached hydrogens (tertiary/aromatic N) is 1. The summed E-state index contributed by atoms with van der Waals surface area (Å²) < 4.78 is 0. The third kappa shape index (κ3) is 2.91. The molecule has 1 atom stereocenters. The van der Waals surface area contributed by atoms with Crippen molar-refractivity contribution in [2.24, 2.45) is 5.92 Å². The van der Waals surface area contributed by atoms with Crippen LogP contribution in [0.15, 0.2) is 4.79 Å². The molecule has 0 saturated carbocycles. The van der Waals surface area contributed by atoms with Gasteiger partial charge in [0.2, 0.25) is 0 Å². The van der Waals surface area contributed by atoms with Crippen LogP contribution in [-0.2, 0) is 6.42 Å². The van der Waals surface area contributed by atoms with Crippen molar-refractivity contribution in [3.05, 3.63) is 26.6 Å². The maximum Gasteiger partial charge on any atom is 0.259 e. The molecule has 20 heavy (non-hydrogen) atoms. The Morgan fingerprint density at radius 1 is 1.25 bits per heavy atom. The molecule has 110 valence electrons. The van der Waals surface area contributed by atoms with E-state index in [0.717, 1.165) is 22.2 Å². The molecule has 2 aromatic heterocycles. The zero-order valence-electron chi connectivity index (χ0n) is 12.6. The van der Waals surface area contributed by atoms with Crippen LogP contribution in [-0.4, -0.2) is 9.97 Å². The van der Waals surface area contributed by atoms with Crippen LogP contribution in [0.25, 0.3) is 10.2 Å². The van der Waals surface area contributed by atoms with Gasteiger partial charge in [-0.15, -0.1) is 22.9 Å². The van der Waals surface area contributed by atoms with Crippen molar-refractivity contribution < 1.29 is 0 Å². The Morgan fingerprint density at radius 3 is 2.40 bits per heavy atom. The molecule has 2 aromatic rings. The lowest BCUT2D eigenvalue weighted by Crippen LogP contribution is -2.13. The third-order valence-corrected chi connectivity index (χ3v) is 4.86. The van der Waals surface area contributed by atoms with Crippen molar-refractivity contribution in [1.82, 2.24) is 9.97 Å². The van der Waals surface area contributed by atoms with Crippen LogP contribution in [0.1, 0.15) is 62.2 Å². The fourth-order valence-electron chi connectivity index (χ4n) is 2.36. The average molecular weight is 313 g/mol. The third-order valence-electron chi connectivity index (χ3n) is 3.22. The van der Waals surface area contributed by atoms with Crippen molar-refractivity contribution in [2.45, 2.75) is 52.3 Å². The van der Waals surface area contributed by atoms with E-state index in [-0.39, 0.29) is 10.9 Å². The van der Waals surface area contributed by atoms with Crippen molar-refractivity contribution in [3.8, 4) is 0 Å². The van der Waals surface area contributed by atoms with Gasteiger partial charge in [0.25, 0.3) is 5.56 Å². The van der Waals surface area contributed by atoms with Crippen LogP contribution in [0.2, 0.25) is 0 Å². The van der Waals surface area contributed by atoms with E-state index in [1.54, 1.807) is 11.3 Å². The second-order valence-corrected chi connectivity index (χ2v) is 7.63. The summed E-state index contributed by atoms with van der Waals surface area (Å²) in [6.07, 6.45) is 0.911. The maximum atomic E-state index is 12.4. The number of thiophene rings is 1. The van der Waals surface area contributed by atoms with Crippen molar-refractivity contribution in [2.75, 3.05) is 0 Å². The fraction of sp³-hybridized carbons (Fsp3) is 0.600. The normalized spacial score (nSPS) is 13.6. The topological polar surface area (TPSA) is 45.8 Å². The molecule has 0 radical (unpaired) electrons. The summed E-state index contributed by atoms with van der Waals surface area (Å²) in [5.41, 5.74) is 1.11. The summed E-state index contributed by atoms with van der Waals surface area (Å²) in [5.74, 6) is 1.47. The minimum atomic E-state index is -0.287. The molecule has 3 nitrogen and oxygen atoms in total. The van der Waals surface area contributed by atoms with E-state index in [0.29, 0.717) is 17.7 Å². The zero-order chi connectivity index (χ0) is 15.0. The Kier molecular flexibility index (Phi) is 4.55. The monoisotopic (exact) mass is 312 g/mol. The molecule has 5 heteroatoms. The van der Waals surface area contributed by atoms with E-state index >= 15 is 0 Å². The number of alkyl halides is 1. The zero-order valence-corrected chi connectivity index (χ0v) is 14.2. The fourth-order valence-corrected chi connectivity index (χ4v) is 3.68. The molecule has 2 heterocycles. The standard InChI is InChI=1S/C15H21ClN2OS/c1-7(2)6-10-11-14(19)17-13(9(5)16)18-15(11)20-12(10)8(3)4/h7-9H,6H2,1-5H3,(H,17,18,19). The number of fused-ring (bicyclic) bond motifs is 1. The quantitative estimate of drug-likeness (QED) is 0.838. The Balaban J connectivity index is 2.74. The first-order valence-corrected chi connectivity index (χ1v) is 8.26. The van der Waals surface area contributed by atoms with Gasteiger partial charge in [-0.2, -0.15) is 0 Å². The summed E-state index contributed by atoms with van der Waals surface area (Å²) >= 11 is 7.67. The van der Waals surface area contributed by atoms with Crippen LogP contribution in [0.5, 0.6) is 0 Å². The number of hydrogen-bond donors (Lipinski definition) is 1. The molecule has 0 fully saturated rings. The molecular weight excluding hydrogens is 292 g/mol. The number of rotatable bonds is 4. The Bertz CT molecular complexity index is 670. The van der Waals surface area contributed by atoms with E-state index in [1.807, 2.05) is 6.92 Å². The summed E-state index contributed by atoms with van der Waals surface area (Å²) in [7, 11) is 0. The molecule has 0 aliphatic rings. The minimum absolute atomic E-state index is 0.0590. The molecular formula is C15H21ClN2OS. The number of aromatic amines is 1. The molecule has 0 bridgehead atoms. The molecule has 1 unspecified atom stereocenters. The van der Waals surface area contributed by atoms with Gasteiger partial charge in [0, 0.05) is 4.88 Å². The van der Waals surface area contributed by atoms with Gasteiger partial charge in [-0.1, -0.05) is 27.7 Å². The van der Waals surface area contributed by atoms with Crippen LogP contribution < -0.4 is 5.56 Å². The highest BCUT2D eigenvalue weighted by molar-refractivity contribution is 7.18. The molecule has 0 saturated heterocycles. The maximum absolute atomic E-state index is 12.4. The van der Waals surface area contributed by atoms with Gasteiger partial charge in [-0.3, -0.25) is 4.79 Å². The minimum Gasteiger partial charge on any atom is -0.309 e. The second-order valence-electron chi connectivity index (χ2n) is 5.94. The second kappa shape index (κ2) is 5.86. The van der Waals surface area contributed by atoms with Gasteiger partial charge >= 0.3 is 0 Å². The van der Waals surface area contributed by atoms with E-state index in [1.165, 1.54) is 4.88 Å². The van der Waals surface area contributed by atoms with Gasteiger partial charge in [0.05, 0.1) is 10.8 Å². The number of aromatic nitrogens is 2. The molecule has 0 aromatic carbocycles. The van der Waals surface area contributed by atoms with Crippen LogP contribution >= 0.6 is 22.9 Å². The Morgan fingerprint density at radius 2 is 1.90 bits per heavy atom. The van der Waals surface area contributed by atoms with Crippen molar-refractivity contribution in [3.63, 3.8) is 0 Å². The first-order valence-electron chi connectivity index (χ1n) is 7.00. The Labute approximate surface area is 128 Å². The van der Waals surface area contributed by atoms with Gasteiger partial charge in [0.1, 0.15) is 10.7 Å². The highest BCUT2D eigenvalue weighted by Crippen LogP contribution is 2.35. The molecule has 0 aliphatic heterocycles. The van der Waals surface area contributed by atoms with Crippen LogP contribution in [0.3, 0.4) is 0 Å². The number of H-pyrrole nitrogens is 1. The predicted molar refractivity (Wildman–Crippen MR) is 87.1 cm³/mol. The van der Waals surface area contributed by atoms with Crippen LogP contribution in [0, 0.1) is 5.92 Å². The lowest BCUT2D eigenvalue weighted by Gasteiger charge is -2.09. The highest BCUT2D eigenvalue weighted by atomic mass is 35.5. The summed E-state index contributed by atoms with van der Waals surface area (Å²) in [6.45, 7) is 10.5. The smallest absolute Gasteiger partial charge is 0.259 e. The summed E-state index contributed by atoms with van der Waals surface area (Å²) in [4.78, 5) is 21.8. The largest absolute Gasteiger partial charge is 0.309 e. The number of halogens is 1. The molecule has 0 aliphatic carbocycles. The van der Waals surface area contributed by atoms with Gasteiger partial charge in [-0.25, -0.2) is 4.98 Å². The lowest BCUT2D eigenvalue weighted by molar-refractivity contribution is 0.644. The molecule has 0 spiro atoms. The van der Waals surface area contributed by atoms with Gasteiger partial charge < -0.3 is 4.98 Å². The number of nitrogens with one attached hydrogen (secondary N) is 1. The van der Waals surface area contributed by atoms with Crippen molar-refractivity contribution >= 4 is 33.2 Å². The highest BCUT2D eigenvalue weighted by Gasteiger charge is 2.20. The SMILES string of the molecule is CC(C)Cc1c(C(C)C)sc2nc(C(C)Cl)[nH]c(=O)c12. The first-order chi connectivity index (χ1) is 9.31. The van der Waals surface area contributed by atoms with E-state index in [9.17, 15) is 4.79 Å². The average Bonchev–Trinajstić information content (AvgIpc) is 2.67. The van der Waals surface area contributed by atoms with Gasteiger partial charge in [0.15, 0.2) is 0 Å². The van der Waals surface area contributed by atoms with E-state index in [4.69, 9.17) is 11.6 Å². The number of hydrogen-bond acceptors (Lipinski definition) is 3. The first kappa shape index (κ1) is 15.5. The van der Waals surface area contributed by atoms with Crippen LogP contribution in [0.4, 0.5) is 0 Å². The Hall–Kier alpha value is -0.870. The predicted octanol–water partition coefficient (Wildman–Crippen LogP) is 4.61. The summed E-state index contributed by atoms with van der Waals surface area (Å²) in [5, 5.41) is 0.471. The van der Waals surface area contributed by atoms with Gasteiger partial charge in [-0.05, 0) is 30.7 Å². The molecule has 2 rings (SSSR count). The van der Waals surface area contributed by atoms with Crippen molar-refractivity contribution in [1.29, 1.82) is 0 Å². The van der Waals surface area contributed by atoms with E-state index in [2.05, 4.69) is 37.7 Å². The molecule has 1 N–H and O–H groups in total. The molecule has 0 amide bonds. The van der Waals surface area contributed by atoms with E-state index < -0.39 is 0 Å². The lowest BCUT2D eigenvalue weighted by atomic mass is 9.97.